The fourth-order valence-electron chi connectivity index (χ4n) is 4.21. The summed E-state index contributed by atoms with van der Waals surface area (Å²) in [6, 6.07) is 6.45. The molecule has 1 aliphatic carbocycles. The Bertz CT molecular complexity index is 944. The van der Waals surface area contributed by atoms with Crippen LogP contribution in [0.2, 0.25) is 0 Å². The number of nitrogens with zero attached hydrogens (tertiary/aromatic N) is 1. The predicted molar refractivity (Wildman–Crippen MR) is 119 cm³/mol. The second kappa shape index (κ2) is 10.2. The number of hydrogen-bond donors (Lipinski definition) is 3. The maximum atomic E-state index is 14.2. The number of nitrogens with one attached hydrogen (secondary N) is 2. The molecule has 1 aliphatic rings. The summed E-state index contributed by atoms with van der Waals surface area (Å²) in [7, 11) is 0. The summed E-state index contributed by atoms with van der Waals surface area (Å²) in [4.78, 5) is 29.1. The van der Waals surface area contributed by atoms with Crippen LogP contribution in [-0.2, 0) is 15.0 Å². The lowest BCUT2D eigenvalue weighted by Crippen LogP contribution is -2.48. The molecular formula is C24H30F2N4O2. The Morgan fingerprint density at radius 2 is 1.78 bits per heavy atom. The highest BCUT2D eigenvalue weighted by Crippen LogP contribution is 2.31. The van der Waals surface area contributed by atoms with Crippen molar-refractivity contribution in [1.82, 2.24) is 10.3 Å². The molecule has 0 radical (unpaired) electrons. The van der Waals surface area contributed by atoms with Gasteiger partial charge >= 0.3 is 0 Å². The first kappa shape index (κ1) is 23.8. The summed E-state index contributed by atoms with van der Waals surface area (Å²) in [6.45, 7) is 3.44. The minimum atomic E-state index is -1.17. The van der Waals surface area contributed by atoms with Gasteiger partial charge in [-0.2, -0.15) is 0 Å². The zero-order valence-electron chi connectivity index (χ0n) is 18.4. The number of halogens is 2. The van der Waals surface area contributed by atoms with Gasteiger partial charge in [0.1, 0.15) is 11.6 Å². The van der Waals surface area contributed by atoms with E-state index in [1.165, 1.54) is 6.07 Å². The fraction of sp³-hybridized carbons (Fsp3) is 0.458. The van der Waals surface area contributed by atoms with Crippen LogP contribution in [0.1, 0.15) is 45.1 Å². The summed E-state index contributed by atoms with van der Waals surface area (Å²) in [6.07, 6.45) is 6.31. The molecule has 4 N–H and O–H groups in total. The Balaban J connectivity index is 1.48. The highest BCUT2D eigenvalue weighted by molar-refractivity contribution is 5.92. The Kier molecular flexibility index (Phi) is 7.56. The molecule has 1 fully saturated rings. The van der Waals surface area contributed by atoms with Gasteiger partial charge in [-0.15, -0.1) is 0 Å². The second-order valence-electron chi connectivity index (χ2n) is 8.96. The number of aromatic nitrogens is 1. The molecule has 2 aromatic rings. The van der Waals surface area contributed by atoms with Crippen LogP contribution in [-0.4, -0.2) is 29.4 Å². The topological polar surface area (TPSA) is 97.1 Å². The molecule has 0 bridgehead atoms. The number of rotatable bonds is 7. The third-order valence-corrected chi connectivity index (χ3v) is 6.37. The van der Waals surface area contributed by atoms with Gasteiger partial charge in [-0.05, 0) is 63.6 Å². The number of pyridine rings is 1. The van der Waals surface area contributed by atoms with Crippen molar-refractivity contribution >= 4 is 17.5 Å². The molecule has 172 valence electrons. The van der Waals surface area contributed by atoms with E-state index in [0.29, 0.717) is 0 Å². The lowest BCUT2D eigenvalue weighted by molar-refractivity contribution is -0.125. The van der Waals surface area contributed by atoms with Crippen molar-refractivity contribution in [2.75, 3.05) is 11.9 Å². The van der Waals surface area contributed by atoms with Crippen molar-refractivity contribution in [3.8, 4) is 0 Å². The van der Waals surface area contributed by atoms with Gasteiger partial charge in [0.05, 0.1) is 5.41 Å². The van der Waals surface area contributed by atoms with E-state index in [4.69, 9.17) is 5.73 Å². The SMILES string of the molecule is CC(C)(C(=O)NCC(N)C1CCC(C(=O)Nc2ccncc2)CC1)c1ccc(F)cc1F. The first-order chi connectivity index (χ1) is 15.2. The Hall–Kier alpha value is -2.87. The number of hydrogen-bond acceptors (Lipinski definition) is 4. The molecule has 1 aromatic heterocycles. The minimum absolute atomic E-state index is 0.000372. The Morgan fingerprint density at radius 1 is 1.12 bits per heavy atom. The number of benzene rings is 1. The monoisotopic (exact) mass is 444 g/mol. The highest BCUT2D eigenvalue weighted by atomic mass is 19.1. The standard InChI is InChI=1S/C24H30F2N4O2/c1-24(2,19-8-7-17(25)13-20(19)26)23(32)29-14-21(27)15-3-5-16(6-4-15)22(31)30-18-9-11-28-12-10-18/h7-13,15-16,21H,3-6,14,27H2,1-2H3,(H,29,32)(H,28,30,31). The maximum Gasteiger partial charge on any atom is 0.230 e. The van der Waals surface area contributed by atoms with E-state index in [-0.39, 0.29) is 41.8 Å². The summed E-state index contributed by atoms with van der Waals surface area (Å²) >= 11 is 0. The number of amides is 2. The highest BCUT2D eigenvalue weighted by Gasteiger charge is 2.34. The number of nitrogens with two attached hydrogens (primary N) is 1. The van der Waals surface area contributed by atoms with Crippen molar-refractivity contribution < 1.29 is 18.4 Å². The van der Waals surface area contributed by atoms with Gasteiger partial charge in [0.2, 0.25) is 11.8 Å². The average molecular weight is 445 g/mol. The van der Waals surface area contributed by atoms with Gasteiger partial charge < -0.3 is 16.4 Å². The van der Waals surface area contributed by atoms with Crippen LogP contribution in [0.3, 0.4) is 0 Å². The molecule has 1 heterocycles. The molecule has 0 saturated heterocycles. The van der Waals surface area contributed by atoms with E-state index in [9.17, 15) is 18.4 Å². The van der Waals surface area contributed by atoms with Crippen molar-refractivity contribution in [2.24, 2.45) is 17.6 Å². The van der Waals surface area contributed by atoms with E-state index >= 15 is 0 Å². The van der Waals surface area contributed by atoms with Crippen LogP contribution in [0, 0.1) is 23.5 Å². The molecule has 8 heteroatoms. The maximum absolute atomic E-state index is 14.2. The third-order valence-electron chi connectivity index (χ3n) is 6.37. The summed E-state index contributed by atoms with van der Waals surface area (Å²) in [5.41, 5.74) is 6.02. The Labute approximate surface area is 187 Å². The molecule has 1 saturated carbocycles. The van der Waals surface area contributed by atoms with E-state index in [1.807, 2.05) is 0 Å². The smallest absolute Gasteiger partial charge is 0.230 e. The van der Waals surface area contributed by atoms with Gasteiger partial charge in [-0.25, -0.2) is 8.78 Å². The summed E-state index contributed by atoms with van der Waals surface area (Å²) in [5.74, 6) is -1.69. The van der Waals surface area contributed by atoms with Gasteiger partial charge in [0.15, 0.2) is 0 Å². The molecule has 1 unspecified atom stereocenters. The molecule has 0 aliphatic heterocycles. The molecule has 6 nitrogen and oxygen atoms in total. The minimum Gasteiger partial charge on any atom is -0.354 e. The normalized spacial score (nSPS) is 19.8. The number of anilines is 1. The first-order valence-electron chi connectivity index (χ1n) is 10.9. The largest absolute Gasteiger partial charge is 0.354 e. The van der Waals surface area contributed by atoms with Crippen LogP contribution in [0.25, 0.3) is 0 Å². The van der Waals surface area contributed by atoms with Gasteiger partial charge in [0, 0.05) is 48.2 Å². The van der Waals surface area contributed by atoms with Crippen molar-refractivity contribution in [3.63, 3.8) is 0 Å². The first-order valence-corrected chi connectivity index (χ1v) is 10.9. The molecular weight excluding hydrogens is 414 g/mol. The molecule has 1 atom stereocenters. The van der Waals surface area contributed by atoms with Crippen LogP contribution >= 0.6 is 0 Å². The van der Waals surface area contributed by atoms with Crippen molar-refractivity contribution in [3.05, 3.63) is 59.9 Å². The van der Waals surface area contributed by atoms with E-state index in [0.717, 1.165) is 43.5 Å². The molecule has 3 rings (SSSR count). The average Bonchev–Trinajstić information content (AvgIpc) is 2.77. The summed E-state index contributed by atoms with van der Waals surface area (Å²) in [5, 5.41) is 5.73. The van der Waals surface area contributed by atoms with Crippen LogP contribution in [0.4, 0.5) is 14.5 Å². The zero-order valence-corrected chi connectivity index (χ0v) is 18.4. The fourth-order valence-corrected chi connectivity index (χ4v) is 4.21. The van der Waals surface area contributed by atoms with Gasteiger partial charge in [0.25, 0.3) is 0 Å². The molecule has 2 amide bonds. The lowest BCUT2D eigenvalue weighted by atomic mass is 9.78. The van der Waals surface area contributed by atoms with E-state index in [2.05, 4.69) is 15.6 Å². The molecule has 0 spiro atoms. The molecule has 32 heavy (non-hydrogen) atoms. The van der Waals surface area contributed by atoms with Crippen LogP contribution in [0.15, 0.2) is 42.7 Å². The molecule has 1 aromatic carbocycles. The van der Waals surface area contributed by atoms with Crippen LogP contribution < -0.4 is 16.4 Å². The number of carbonyl (C=O) groups is 2. The Morgan fingerprint density at radius 3 is 2.41 bits per heavy atom. The van der Waals surface area contributed by atoms with E-state index < -0.39 is 17.0 Å². The lowest BCUT2D eigenvalue weighted by Gasteiger charge is -2.32. The van der Waals surface area contributed by atoms with Gasteiger partial charge in [-0.1, -0.05) is 6.07 Å². The zero-order chi connectivity index (χ0) is 23.3. The van der Waals surface area contributed by atoms with E-state index in [1.54, 1.807) is 38.4 Å². The van der Waals surface area contributed by atoms with Crippen molar-refractivity contribution in [2.45, 2.75) is 51.0 Å². The number of carbonyl (C=O) groups excluding carboxylic acids is 2. The summed E-state index contributed by atoms with van der Waals surface area (Å²) < 4.78 is 27.4. The predicted octanol–water partition coefficient (Wildman–Crippen LogP) is 3.53. The third kappa shape index (κ3) is 5.68. The van der Waals surface area contributed by atoms with Crippen molar-refractivity contribution in [1.29, 1.82) is 0 Å². The second-order valence-corrected chi connectivity index (χ2v) is 8.96. The van der Waals surface area contributed by atoms with Gasteiger partial charge in [-0.3, -0.25) is 14.6 Å². The van der Waals surface area contributed by atoms with Crippen LogP contribution in [0.5, 0.6) is 0 Å². The quantitative estimate of drug-likeness (QED) is 0.609.